The van der Waals surface area contributed by atoms with Gasteiger partial charge in [0.15, 0.2) is 0 Å². The van der Waals surface area contributed by atoms with Crippen LogP contribution in [0.3, 0.4) is 0 Å². The van der Waals surface area contributed by atoms with Gasteiger partial charge in [0.1, 0.15) is 5.82 Å². The molecule has 1 aromatic carbocycles. The van der Waals surface area contributed by atoms with Crippen molar-refractivity contribution < 1.29 is 4.39 Å². The molecule has 0 aliphatic rings. The Morgan fingerprint density at radius 1 is 1.37 bits per heavy atom. The zero-order valence-corrected chi connectivity index (χ0v) is 13.2. The Kier molecular flexibility index (Phi) is 5.55. The molecule has 2 aromatic rings. The fraction of sp³-hybridized carbons (Fsp3) is 0.333. The van der Waals surface area contributed by atoms with E-state index in [2.05, 4.69) is 45.7 Å². The van der Waals surface area contributed by atoms with Crippen LogP contribution in [0.15, 0.2) is 40.2 Å². The summed E-state index contributed by atoms with van der Waals surface area (Å²) in [6.07, 6.45) is 1.89. The van der Waals surface area contributed by atoms with Gasteiger partial charge in [0, 0.05) is 15.4 Å². The molecule has 102 valence electrons. The molecule has 0 saturated carbocycles. The summed E-state index contributed by atoms with van der Waals surface area (Å²) in [6, 6.07) is 9.53. The van der Waals surface area contributed by atoms with Crippen LogP contribution in [0, 0.1) is 5.82 Å². The summed E-state index contributed by atoms with van der Waals surface area (Å²) in [5.41, 5.74) is 1.01. The van der Waals surface area contributed by atoms with E-state index in [1.165, 1.54) is 10.9 Å². The molecule has 1 unspecified atom stereocenters. The monoisotopic (exact) mass is 341 g/mol. The molecule has 1 heterocycles. The van der Waals surface area contributed by atoms with Crippen molar-refractivity contribution in [3.63, 3.8) is 0 Å². The Bertz CT molecular complexity index is 493. The summed E-state index contributed by atoms with van der Waals surface area (Å²) >= 11 is 5.09. The number of thiophene rings is 1. The zero-order valence-electron chi connectivity index (χ0n) is 10.8. The molecule has 1 aromatic heterocycles. The van der Waals surface area contributed by atoms with Crippen molar-refractivity contribution in [3.8, 4) is 0 Å². The molecule has 0 amide bonds. The molecule has 0 saturated heterocycles. The predicted octanol–water partition coefficient (Wildman–Crippen LogP) is 4.93. The molecule has 1 N–H and O–H groups in total. The summed E-state index contributed by atoms with van der Waals surface area (Å²) in [5.74, 6) is -0.190. The van der Waals surface area contributed by atoms with Crippen molar-refractivity contribution in [1.82, 2.24) is 5.32 Å². The molecule has 2 rings (SSSR count). The highest BCUT2D eigenvalue weighted by Crippen LogP contribution is 2.25. The quantitative estimate of drug-likeness (QED) is 0.785. The fourth-order valence-electron chi connectivity index (χ4n) is 2.05. The highest BCUT2D eigenvalue weighted by atomic mass is 79.9. The van der Waals surface area contributed by atoms with E-state index in [-0.39, 0.29) is 11.9 Å². The van der Waals surface area contributed by atoms with Gasteiger partial charge >= 0.3 is 0 Å². The third-order valence-electron chi connectivity index (χ3n) is 2.89. The Morgan fingerprint density at radius 2 is 2.21 bits per heavy atom. The molecule has 0 radical (unpaired) electrons. The number of hydrogen-bond donors (Lipinski definition) is 1. The summed E-state index contributed by atoms with van der Waals surface area (Å²) in [5, 5.41) is 5.61. The molecular weight excluding hydrogens is 325 g/mol. The summed E-state index contributed by atoms with van der Waals surface area (Å²) in [4.78, 5) is 1.30. The van der Waals surface area contributed by atoms with Crippen LogP contribution >= 0.6 is 27.3 Å². The largest absolute Gasteiger partial charge is 0.309 e. The standard InChI is InChI=1S/C15H17BrFNS/c1-2-5-18-14(15-4-3-6-19-15)9-11-7-12(16)10-13(17)8-11/h3-4,6-8,10,14,18H,2,5,9H2,1H3. The van der Waals surface area contributed by atoms with Crippen molar-refractivity contribution in [2.75, 3.05) is 6.54 Å². The normalized spacial score (nSPS) is 12.6. The first-order valence-electron chi connectivity index (χ1n) is 6.40. The van der Waals surface area contributed by atoms with E-state index in [0.717, 1.165) is 29.4 Å². The Labute approximate surface area is 126 Å². The highest BCUT2D eigenvalue weighted by Gasteiger charge is 2.13. The first kappa shape index (κ1) is 14.7. The summed E-state index contributed by atoms with van der Waals surface area (Å²) < 4.78 is 14.2. The third kappa shape index (κ3) is 4.41. The number of hydrogen-bond acceptors (Lipinski definition) is 2. The second-order valence-corrected chi connectivity index (χ2v) is 6.40. The minimum Gasteiger partial charge on any atom is -0.309 e. The topological polar surface area (TPSA) is 12.0 Å². The number of benzene rings is 1. The zero-order chi connectivity index (χ0) is 13.7. The van der Waals surface area contributed by atoms with Crippen molar-refractivity contribution in [1.29, 1.82) is 0 Å². The molecule has 1 nitrogen and oxygen atoms in total. The maximum atomic E-state index is 13.4. The average Bonchev–Trinajstić information content (AvgIpc) is 2.87. The molecule has 0 spiro atoms. The van der Waals surface area contributed by atoms with E-state index < -0.39 is 0 Å². The molecule has 1 atom stereocenters. The van der Waals surface area contributed by atoms with Crippen molar-refractivity contribution in [3.05, 3.63) is 56.4 Å². The van der Waals surface area contributed by atoms with E-state index in [0.29, 0.717) is 0 Å². The van der Waals surface area contributed by atoms with Gasteiger partial charge in [-0.25, -0.2) is 4.39 Å². The van der Waals surface area contributed by atoms with Crippen LogP contribution in [-0.4, -0.2) is 6.54 Å². The lowest BCUT2D eigenvalue weighted by Gasteiger charge is -2.17. The minimum atomic E-state index is -0.190. The molecule has 0 aliphatic heterocycles. The van der Waals surface area contributed by atoms with Gasteiger partial charge < -0.3 is 5.32 Å². The van der Waals surface area contributed by atoms with Gasteiger partial charge in [-0.15, -0.1) is 11.3 Å². The maximum absolute atomic E-state index is 13.4. The lowest BCUT2D eigenvalue weighted by Crippen LogP contribution is -2.23. The SMILES string of the molecule is CCCNC(Cc1cc(F)cc(Br)c1)c1cccs1. The van der Waals surface area contributed by atoms with Crippen molar-refractivity contribution >= 4 is 27.3 Å². The molecule has 4 heteroatoms. The second-order valence-electron chi connectivity index (χ2n) is 4.50. The van der Waals surface area contributed by atoms with E-state index in [1.807, 2.05) is 6.07 Å². The highest BCUT2D eigenvalue weighted by molar-refractivity contribution is 9.10. The third-order valence-corrected chi connectivity index (χ3v) is 4.33. The average molecular weight is 342 g/mol. The van der Waals surface area contributed by atoms with Crippen LogP contribution in [0.25, 0.3) is 0 Å². The smallest absolute Gasteiger partial charge is 0.124 e. The Morgan fingerprint density at radius 3 is 2.84 bits per heavy atom. The predicted molar refractivity (Wildman–Crippen MR) is 83.2 cm³/mol. The molecule has 19 heavy (non-hydrogen) atoms. The van der Waals surface area contributed by atoms with Gasteiger partial charge in [-0.3, -0.25) is 0 Å². The van der Waals surface area contributed by atoms with E-state index in [9.17, 15) is 4.39 Å². The minimum absolute atomic E-state index is 0.190. The van der Waals surface area contributed by atoms with Crippen LogP contribution in [-0.2, 0) is 6.42 Å². The fourth-order valence-corrected chi connectivity index (χ4v) is 3.36. The van der Waals surface area contributed by atoms with Crippen LogP contribution in [0.5, 0.6) is 0 Å². The molecule has 0 bridgehead atoms. The van der Waals surface area contributed by atoms with Crippen LogP contribution < -0.4 is 5.32 Å². The molecule has 0 aliphatic carbocycles. The van der Waals surface area contributed by atoms with Crippen molar-refractivity contribution in [2.45, 2.75) is 25.8 Å². The van der Waals surface area contributed by atoms with E-state index in [4.69, 9.17) is 0 Å². The van der Waals surface area contributed by atoms with E-state index >= 15 is 0 Å². The van der Waals surface area contributed by atoms with Crippen LogP contribution in [0.2, 0.25) is 0 Å². The van der Waals surface area contributed by atoms with Gasteiger partial charge in [-0.05, 0) is 54.6 Å². The molecular formula is C15H17BrFNS. The Hall–Kier alpha value is -0.710. The van der Waals surface area contributed by atoms with Crippen LogP contribution in [0.1, 0.15) is 29.8 Å². The number of halogens is 2. The van der Waals surface area contributed by atoms with Gasteiger partial charge in [0.25, 0.3) is 0 Å². The van der Waals surface area contributed by atoms with Crippen LogP contribution in [0.4, 0.5) is 4.39 Å². The first-order chi connectivity index (χ1) is 9.19. The number of nitrogens with one attached hydrogen (secondary N) is 1. The molecule has 0 fully saturated rings. The lowest BCUT2D eigenvalue weighted by atomic mass is 10.0. The maximum Gasteiger partial charge on any atom is 0.124 e. The lowest BCUT2D eigenvalue weighted by molar-refractivity contribution is 0.534. The van der Waals surface area contributed by atoms with Gasteiger partial charge in [-0.2, -0.15) is 0 Å². The van der Waals surface area contributed by atoms with Gasteiger partial charge in [0.05, 0.1) is 0 Å². The first-order valence-corrected chi connectivity index (χ1v) is 8.08. The van der Waals surface area contributed by atoms with Gasteiger partial charge in [0.2, 0.25) is 0 Å². The van der Waals surface area contributed by atoms with Gasteiger partial charge in [-0.1, -0.05) is 28.9 Å². The van der Waals surface area contributed by atoms with Crippen molar-refractivity contribution in [2.24, 2.45) is 0 Å². The second kappa shape index (κ2) is 7.17. The summed E-state index contributed by atoms with van der Waals surface area (Å²) in [7, 11) is 0. The number of rotatable bonds is 6. The van der Waals surface area contributed by atoms with E-state index in [1.54, 1.807) is 17.4 Å². The summed E-state index contributed by atoms with van der Waals surface area (Å²) in [6.45, 7) is 3.12. The Balaban J connectivity index is 2.15.